The Bertz CT molecular complexity index is 1200. The fraction of sp³-hybridized carbons (Fsp3) is 0.310. The molecule has 0 spiro atoms. The quantitative estimate of drug-likeness (QED) is 0.599. The number of aryl methyl sites for hydroxylation is 2. The molecule has 5 nitrogen and oxygen atoms in total. The smallest absolute Gasteiger partial charge is 0.151 e. The van der Waals surface area contributed by atoms with Crippen LogP contribution >= 0.6 is 0 Å². The molecule has 4 heterocycles. The molecule has 0 amide bonds. The molecule has 170 valence electrons. The van der Waals surface area contributed by atoms with Crippen molar-refractivity contribution < 1.29 is 4.74 Å². The van der Waals surface area contributed by atoms with Crippen molar-refractivity contribution >= 4 is 0 Å². The van der Waals surface area contributed by atoms with Crippen molar-refractivity contribution in [2.24, 2.45) is 0 Å². The fourth-order valence-corrected chi connectivity index (χ4v) is 3.77. The number of hydrogen-bond donors (Lipinski definition) is 2. The second-order valence-corrected chi connectivity index (χ2v) is 8.85. The molecule has 2 unspecified atom stereocenters. The van der Waals surface area contributed by atoms with Gasteiger partial charge in [0.05, 0.1) is 17.6 Å². The van der Waals surface area contributed by atoms with Crippen LogP contribution < -0.4 is 15.4 Å². The van der Waals surface area contributed by atoms with Crippen molar-refractivity contribution in [3.63, 3.8) is 0 Å². The van der Waals surface area contributed by atoms with E-state index in [4.69, 9.17) is 4.74 Å². The van der Waals surface area contributed by atoms with E-state index in [1.54, 1.807) is 6.20 Å². The van der Waals surface area contributed by atoms with Gasteiger partial charge in [0.2, 0.25) is 0 Å². The van der Waals surface area contributed by atoms with Crippen LogP contribution in [0.3, 0.4) is 0 Å². The van der Waals surface area contributed by atoms with Gasteiger partial charge in [-0.1, -0.05) is 23.7 Å². The largest absolute Gasteiger partial charge is 0.474 e. The van der Waals surface area contributed by atoms with Gasteiger partial charge in [0, 0.05) is 47.5 Å². The number of nitrogens with zero attached hydrogens (tertiary/aromatic N) is 2. The van der Waals surface area contributed by atoms with Gasteiger partial charge in [-0.2, -0.15) is 0 Å². The highest BCUT2D eigenvalue weighted by atomic mass is 16.5. The third-order valence-corrected chi connectivity index (χ3v) is 6.24. The SMILES string of the molecule is Cc1ncc(CC2CCN2)cc1C#Cc1ccc(C#Cc2cc(OC3CCN3)cnc2C)cc1. The van der Waals surface area contributed by atoms with Crippen molar-refractivity contribution in [2.75, 3.05) is 13.1 Å². The van der Waals surface area contributed by atoms with Gasteiger partial charge in [0.15, 0.2) is 6.23 Å². The Morgan fingerprint density at radius 1 is 0.824 bits per heavy atom. The zero-order valence-electron chi connectivity index (χ0n) is 19.6. The summed E-state index contributed by atoms with van der Waals surface area (Å²) in [7, 11) is 0. The van der Waals surface area contributed by atoms with E-state index in [0.29, 0.717) is 6.04 Å². The van der Waals surface area contributed by atoms with E-state index < -0.39 is 0 Å². The summed E-state index contributed by atoms with van der Waals surface area (Å²) in [5, 5.41) is 6.67. The van der Waals surface area contributed by atoms with E-state index in [1.807, 2.05) is 50.4 Å². The van der Waals surface area contributed by atoms with Crippen LogP contribution in [0.5, 0.6) is 5.75 Å². The molecule has 5 rings (SSSR count). The van der Waals surface area contributed by atoms with Gasteiger partial charge >= 0.3 is 0 Å². The number of rotatable bonds is 4. The van der Waals surface area contributed by atoms with Crippen LogP contribution in [-0.2, 0) is 6.42 Å². The van der Waals surface area contributed by atoms with E-state index in [1.165, 1.54) is 12.0 Å². The number of hydrogen-bond acceptors (Lipinski definition) is 5. The van der Waals surface area contributed by atoms with E-state index in [2.05, 4.69) is 50.3 Å². The summed E-state index contributed by atoms with van der Waals surface area (Å²) >= 11 is 0. The number of benzene rings is 1. The molecule has 3 aromatic rings. The summed E-state index contributed by atoms with van der Waals surface area (Å²) in [6.07, 6.45) is 7.07. The van der Waals surface area contributed by atoms with E-state index in [9.17, 15) is 0 Å². The summed E-state index contributed by atoms with van der Waals surface area (Å²) in [5.74, 6) is 13.8. The molecule has 2 atom stereocenters. The topological polar surface area (TPSA) is 59.1 Å². The summed E-state index contributed by atoms with van der Waals surface area (Å²) in [5.41, 5.74) is 6.85. The van der Waals surface area contributed by atoms with Gasteiger partial charge in [0.1, 0.15) is 5.75 Å². The first-order valence-electron chi connectivity index (χ1n) is 11.8. The third kappa shape index (κ3) is 5.46. The molecule has 2 aromatic heterocycles. The van der Waals surface area contributed by atoms with Crippen LogP contribution in [0.1, 0.15) is 52.0 Å². The van der Waals surface area contributed by atoms with Gasteiger partial charge in [-0.15, -0.1) is 0 Å². The number of ether oxygens (including phenoxy) is 1. The minimum atomic E-state index is 0.0840. The minimum Gasteiger partial charge on any atom is -0.474 e. The highest BCUT2D eigenvalue weighted by Crippen LogP contribution is 2.18. The third-order valence-electron chi connectivity index (χ3n) is 6.24. The van der Waals surface area contributed by atoms with E-state index >= 15 is 0 Å². The van der Waals surface area contributed by atoms with Gasteiger partial charge in [0.25, 0.3) is 0 Å². The summed E-state index contributed by atoms with van der Waals surface area (Å²) in [6, 6.07) is 12.7. The number of pyridine rings is 2. The number of aromatic nitrogens is 2. The zero-order chi connectivity index (χ0) is 23.3. The standard InChI is InChI=1S/C29H28N4O/c1-20-25(15-24(18-32-20)16-27-11-13-30-27)9-7-22-3-5-23(6-4-22)8-10-26-17-28(19-33-21(26)2)34-29-12-14-31-29/h3-6,15,17-19,27,29-31H,11-14,16H2,1-2H3. The molecular formula is C29H28N4O. The molecule has 2 aliphatic rings. The maximum atomic E-state index is 5.86. The first kappa shape index (κ1) is 22.2. The first-order chi connectivity index (χ1) is 16.6. The summed E-state index contributed by atoms with van der Waals surface area (Å²) < 4.78 is 5.86. The predicted octanol–water partition coefficient (Wildman–Crippen LogP) is 3.50. The summed E-state index contributed by atoms with van der Waals surface area (Å²) in [6.45, 7) is 6.08. The maximum absolute atomic E-state index is 5.86. The molecule has 0 bridgehead atoms. The van der Waals surface area contributed by atoms with Crippen molar-refractivity contribution in [1.82, 2.24) is 20.6 Å². The predicted molar refractivity (Wildman–Crippen MR) is 133 cm³/mol. The normalized spacial score (nSPS) is 18.4. The second kappa shape index (κ2) is 10.1. The molecule has 34 heavy (non-hydrogen) atoms. The Kier molecular flexibility index (Phi) is 6.58. The lowest BCUT2D eigenvalue weighted by molar-refractivity contribution is 0.0982. The zero-order valence-corrected chi connectivity index (χ0v) is 19.6. The van der Waals surface area contributed by atoms with Gasteiger partial charge in [-0.3, -0.25) is 15.3 Å². The van der Waals surface area contributed by atoms with Crippen LogP contribution in [0.15, 0.2) is 48.8 Å². The first-order valence-corrected chi connectivity index (χ1v) is 11.8. The Balaban J connectivity index is 1.27. The average molecular weight is 449 g/mol. The Hall–Kier alpha value is -3.64. The molecule has 5 heteroatoms. The number of nitrogens with one attached hydrogen (secondary N) is 2. The highest BCUT2D eigenvalue weighted by Gasteiger charge is 2.18. The monoisotopic (exact) mass is 448 g/mol. The molecule has 1 aromatic carbocycles. The molecular weight excluding hydrogens is 420 g/mol. The van der Waals surface area contributed by atoms with Crippen LogP contribution in [0.25, 0.3) is 0 Å². The van der Waals surface area contributed by atoms with E-state index in [0.717, 1.165) is 65.3 Å². The van der Waals surface area contributed by atoms with E-state index in [-0.39, 0.29) is 6.23 Å². The Morgan fingerprint density at radius 2 is 1.41 bits per heavy atom. The lowest BCUT2D eigenvalue weighted by Crippen LogP contribution is -2.46. The van der Waals surface area contributed by atoms with Crippen LogP contribution in [0.4, 0.5) is 0 Å². The molecule has 0 radical (unpaired) electrons. The van der Waals surface area contributed by atoms with Crippen LogP contribution in [0, 0.1) is 37.5 Å². The van der Waals surface area contributed by atoms with Gasteiger partial charge < -0.3 is 10.1 Å². The van der Waals surface area contributed by atoms with Gasteiger partial charge in [-0.05, 0) is 75.2 Å². The summed E-state index contributed by atoms with van der Waals surface area (Å²) in [4.78, 5) is 8.97. The van der Waals surface area contributed by atoms with Crippen LogP contribution in [0.2, 0.25) is 0 Å². The van der Waals surface area contributed by atoms with Gasteiger partial charge in [-0.25, -0.2) is 0 Å². The minimum absolute atomic E-state index is 0.0840. The average Bonchev–Trinajstić information content (AvgIpc) is 2.79. The Labute approximate surface area is 201 Å². The molecule has 2 aliphatic heterocycles. The maximum Gasteiger partial charge on any atom is 0.151 e. The highest BCUT2D eigenvalue weighted by molar-refractivity contribution is 5.50. The van der Waals surface area contributed by atoms with Crippen LogP contribution in [-0.4, -0.2) is 35.3 Å². The molecule has 2 saturated heterocycles. The fourth-order valence-electron chi connectivity index (χ4n) is 3.77. The van der Waals surface area contributed by atoms with Crippen molar-refractivity contribution in [3.8, 4) is 29.4 Å². The molecule has 0 saturated carbocycles. The molecule has 2 fully saturated rings. The molecule has 0 aliphatic carbocycles. The van der Waals surface area contributed by atoms with Crippen molar-refractivity contribution in [1.29, 1.82) is 0 Å². The van der Waals surface area contributed by atoms with Crippen molar-refractivity contribution in [3.05, 3.63) is 88.0 Å². The lowest BCUT2D eigenvalue weighted by Gasteiger charge is -2.28. The van der Waals surface area contributed by atoms with Crippen molar-refractivity contribution in [2.45, 2.75) is 45.4 Å². The molecule has 2 N–H and O–H groups in total. The second-order valence-electron chi connectivity index (χ2n) is 8.85. The lowest BCUT2D eigenvalue weighted by atomic mass is 9.98. The Morgan fingerprint density at radius 3 is 1.97 bits per heavy atom.